The van der Waals surface area contributed by atoms with E-state index in [-0.39, 0.29) is 5.82 Å². The minimum atomic E-state index is -0.286. The predicted octanol–water partition coefficient (Wildman–Crippen LogP) is 3.26. The molecule has 110 valence electrons. The van der Waals surface area contributed by atoms with Gasteiger partial charge in [-0.2, -0.15) is 0 Å². The number of aliphatic imine (C=N–C) groups is 1. The highest BCUT2D eigenvalue weighted by molar-refractivity contribution is 6.31. The van der Waals surface area contributed by atoms with Crippen LogP contribution in [0.25, 0.3) is 0 Å². The van der Waals surface area contributed by atoms with E-state index in [0.29, 0.717) is 35.6 Å². The van der Waals surface area contributed by atoms with E-state index in [9.17, 15) is 4.39 Å². The zero-order valence-electron chi connectivity index (χ0n) is 11.5. The van der Waals surface area contributed by atoms with Crippen molar-refractivity contribution < 1.29 is 4.39 Å². The number of nitrogens with two attached hydrogens (primary N) is 1. The lowest BCUT2D eigenvalue weighted by molar-refractivity contribution is 0.412. The molecule has 0 bridgehead atoms. The topological polar surface area (TPSA) is 50.4 Å². The van der Waals surface area contributed by atoms with Crippen molar-refractivity contribution in [3.63, 3.8) is 0 Å². The number of nitrogens with zero attached hydrogens (tertiary/aromatic N) is 1. The van der Waals surface area contributed by atoms with Crippen LogP contribution in [0.5, 0.6) is 0 Å². The number of guanidine groups is 1. The Morgan fingerprint density at radius 1 is 1.35 bits per heavy atom. The Balaban J connectivity index is 1.83. The molecule has 5 heteroatoms. The molecule has 0 aliphatic heterocycles. The van der Waals surface area contributed by atoms with Gasteiger partial charge in [0, 0.05) is 23.2 Å². The molecule has 1 aromatic carbocycles. The van der Waals surface area contributed by atoms with Crippen molar-refractivity contribution in [2.45, 2.75) is 44.6 Å². The fourth-order valence-electron chi connectivity index (χ4n) is 2.56. The van der Waals surface area contributed by atoms with E-state index in [1.54, 1.807) is 12.1 Å². The van der Waals surface area contributed by atoms with E-state index in [4.69, 9.17) is 17.3 Å². The molecule has 0 aromatic heterocycles. The summed E-state index contributed by atoms with van der Waals surface area (Å²) in [5.41, 5.74) is 6.36. The van der Waals surface area contributed by atoms with Gasteiger partial charge in [0.2, 0.25) is 0 Å². The molecule has 0 heterocycles. The molecule has 3 N–H and O–H groups in total. The minimum absolute atomic E-state index is 0.286. The zero-order valence-corrected chi connectivity index (χ0v) is 12.3. The summed E-state index contributed by atoms with van der Waals surface area (Å²) < 4.78 is 13.6. The molecule has 0 unspecified atom stereocenters. The highest BCUT2D eigenvalue weighted by atomic mass is 35.5. The Kier molecular flexibility index (Phi) is 5.65. The van der Waals surface area contributed by atoms with Crippen molar-refractivity contribution in [2.24, 2.45) is 10.7 Å². The van der Waals surface area contributed by atoms with Crippen LogP contribution in [0.1, 0.15) is 37.7 Å². The molecule has 0 spiro atoms. The Bertz CT molecular complexity index is 450. The predicted molar refractivity (Wildman–Crippen MR) is 81.6 cm³/mol. The Hall–Kier alpha value is -1.29. The highest BCUT2D eigenvalue weighted by Crippen LogP contribution is 2.19. The van der Waals surface area contributed by atoms with Gasteiger partial charge in [-0.3, -0.25) is 4.99 Å². The number of nitrogens with one attached hydrogen (secondary N) is 1. The van der Waals surface area contributed by atoms with Crippen LogP contribution in [-0.4, -0.2) is 18.5 Å². The van der Waals surface area contributed by atoms with Crippen molar-refractivity contribution in [1.82, 2.24) is 5.32 Å². The second kappa shape index (κ2) is 7.48. The highest BCUT2D eigenvalue weighted by Gasteiger charge is 2.13. The van der Waals surface area contributed by atoms with Gasteiger partial charge in [0.1, 0.15) is 5.82 Å². The van der Waals surface area contributed by atoms with Gasteiger partial charge in [0.15, 0.2) is 5.96 Å². The van der Waals surface area contributed by atoms with Crippen LogP contribution in [0, 0.1) is 5.82 Å². The lowest BCUT2D eigenvalue weighted by atomic mass is 9.96. The molecule has 1 aliphatic carbocycles. The maximum Gasteiger partial charge on any atom is 0.188 e. The summed E-state index contributed by atoms with van der Waals surface area (Å²) in [6.45, 7) is 0.437. The maximum absolute atomic E-state index is 13.6. The Labute approximate surface area is 124 Å². The molecular weight excluding hydrogens is 277 g/mol. The molecule has 20 heavy (non-hydrogen) atoms. The third-order valence-corrected chi connectivity index (χ3v) is 4.02. The Morgan fingerprint density at radius 3 is 2.80 bits per heavy atom. The van der Waals surface area contributed by atoms with Crippen molar-refractivity contribution in [3.05, 3.63) is 34.6 Å². The zero-order chi connectivity index (χ0) is 14.4. The van der Waals surface area contributed by atoms with Crippen LogP contribution in [0.15, 0.2) is 23.2 Å². The third-order valence-electron chi connectivity index (χ3n) is 3.66. The maximum atomic E-state index is 13.6. The molecule has 0 amide bonds. The fourth-order valence-corrected chi connectivity index (χ4v) is 2.82. The second-order valence-corrected chi connectivity index (χ2v) is 5.60. The fraction of sp³-hybridized carbons (Fsp3) is 0.533. The van der Waals surface area contributed by atoms with E-state index in [1.807, 2.05) is 0 Å². The van der Waals surface area contributed by atoms with Gasteiger partial charge in [-0.25, -0.2) is 4.39 Å². The largest absolute Gasteiger partial charge is 0.370 e. The third kappa shape index (κ3) is 4.37. The van der Waals surface area contributed by atoms with E-state index in [0.717, 1.165) is 12.8 Å². The summed E-state index contributed by atoms with van der Waals surface area (Å²) in [7, 11) is 0. The average Bonchev–Trinajstić information content (AvgIpc) is 2.43. The van der Waals surface area contributed by atoms with Gasteiger partial charge in [-0.15, -0.1) is 0 Å². The number of rotatable bonds is 4. The molecule has 0 radical (unpaired) electrons. The summed E-state index contributed by atoms with van der Waals surface area (Å²) in [6, 6.07) is 5.13. The lowest BCUT2D eigenvalue weighted by Gasteiger charge is -2.23. The summed E-state index contributed by atoms with van der Waals surface area (Å²) in [5.74, 6) is 0.163. The van der Waals surface area contributed by atoms with Gasteiger partial charge in [0.05, 0.1) is 0 Å². The summed E-state index contributed by atoms with van der Waals surface area (Å²) in [4.78, 5) is 4.25. The molecule has 0 saturated heterocycles. The smallest absolute Gasteiger partial charge is 0.188 e. The van der Waals surface area contributed by atoms with Crippen LogP contribution in [0.4, 0.5) is 4.39 Å². The molecule has 1 aliphatic rings. The molecule has 0 atom stereocenters. The summed E-state index contributed by atoms with van der Waals surface area (Å²) >= 11 is 5.97. The minimum Gasteiger partial charge on any atom is -0.370 e. The van der Waals surface area contributed by atoms with E-state index < -0.39 is 0 Å². The van der Waals surface area contributed by atoms with Gasteiger partial charge < -0.3 is 11.1 Å². The van der Waals surface area contributed by atoms with E-state index >= 15 is 0 Å². The molecule has 2 rings (SSSR count). The number of hydrogen-bond donors (Lipinski definition) is 2. The first kappa shape index (κ1) is 15.1. The molecule has 3 nitrogen and oxygen atoms in total. The number of hydrogen-bond acceptors (Lipinski definition) is 1. The van der Waals surface area contributed by atoms with Crippen molar-refractivity contribution in [2.75, 3.05) is 6.54 Å². The van der Waals surface area contributed by atoms with E-state index in [2.05, 4.69) is 10.3 Å². The van der Waals surface area contributed by atoms with Crippen molar-refractivity contribution in [1.29, 1.82) is 0 Å². The first-order valence-corrected chi connectivity index (χ1v) is 7.54. The summed E-state index contributed by atoms with van der Waals surface area (Å²) in [5, 5.41) is 3.68. The van der Waals surface area contributed by atoms with Crippen LogP contribution in [0.3, 0.4) is 0 Å². The number of halogens is 2. The van der Waals surface area contributed by atoms with E-state index in [1.165, 1.54) is 25.3 Å². The normalized spacial score (nSPS) is 17.2. The van der Waals surface area contributed by atoms with Crippen LogP contribution >= 0.6 is 11.6 Å². The van der Waals surface area contributed by atoms with Gasteiger partial charge in [-0.05, 0) is 31.4 Å². The van der Waals surface area contributed by atoms with Crippen molar-refractivity contribution >= 4 is 17.6 Å². The first-order valence-electron chi connectivity index (χ1n) is 7.16. The van der Waals surface area contributed by atoms with Crippen LogP contribution in [0.2, 0.25) is 5.02 Å². The second-order valence-electron chi connectivity index (χ2n) is 5.20. The lowest BCUT2D eigenvalue weighted by Crippen LogP contribution is -2.41. The molecule has 1 aromatic rings. The van der Waals surface area contributed by atoms with Gasteiger partial charge >= 0.3 is 0 Å². The van der Waals surface area contributed by atoms with Crippen LogP contribution in [-0.2, 0) is 6.42 Å². The summed E-state index contributed by atoms with van der Waals surface area (Å²) in [6.07, 6.45) is 6.55. The Morgan fingerprint density at radius 2 is 2.10 bits per heavy atom. The SMILES string of the molecule is NC(=NCCc1c(F)cccc1Cl)NC1CCCCC1. The standard InChI is InChI=1S/C15H21ClFN3/c16-13-7-4-8-14(17)12(13)9-10-19-15(18)20-11-5-2-1-3-6-11/h4,7-8,11H,1-3,5-6,9-10H2,(H3,18,19,20). The van der Waals surface area contributed by atoms with Gasteiger partial charge in [-0.1, -0.05) is 36.9 Å². The first-order chi connectivity index (χ1) is 9.66. The molecular formula is C15H21ClFN3. The van der Waals surface area contributed by atoms with Crippen molar-refractivity contribution in [3.8, 4) is 0 Å². The molecule has 1 saturated carbocycles. The monoisotopic (exact) mass is 297 g/mol. The van der Waals surface area contributed by atoms with Crippen LogP contribution < -0.4 is 11.1 Å². The quantitative estimate of drug-likeness (QED) is 0.662. The number of benzene rings is 1. The molecule has 1 fully saturated rings. The average molecular weight is 298 g/mol. The van der Waals surface area contributed by atoms with Gasteiger partial charge in [0.25, 0.3) is 0 Å².